The quantitative estimate of drug-likeness (QED) is 0.453. The highest BCUT2D eigenvalue weighted by atomic mass is 16.1. The van der Waals surface area contributed by atoms with E-state index in [0.29, 0.717) is 25.0 Å². The topological polar surface area (TPSA) is 70.7 Å². The van der Waals surface area contributed by atoms with E-state index < -0.39 is 0 Å². The van der Waals surface area contributed by atoms with Crippen LogP contribution < -0.4 is 11.1 Å². The van der Waals surface area contributed by atoms with Crippen LogP contribution in [-0.4, -0.2) is 42.9 Å². The number of rotatable bonds is 5. The van der Waals surface area contributed by atoms with Crippen LogP contribution in [0, 0.1) is 11.8 Å². The maximum Gasteiger partial charge on any atom is 0.223 e. The highest BCUT2D eigenvalue weighted by Crippen LogP contribution is 2.26. The molecule has 1 aliphatic carbocycles. The summed E-state index contributed by atoms with van der Waals surface area (Å²) in [7, 11) is 0. The summed E-state index contributed by atoms with van der Waals surface area (Å²) < 4.78 is 0. The van der Waals surface area contributed by atoms with E-state index in [9.17, 15) is 4.79 Å². The van der Waals surface area contributed by atoms with Crippen molar-refractivity contribution in [1.29, 1.82) is 0 Å². The average molecular weight is 280 g/mol. The molecule has 1 aliphatic heterocycles. The van der Waals surface area contributed by atoms with Crippen LogP contribution in [0.4, 0.5) is 0 Å². The predicted molar refractivity (Wildman–Crippen MR) is 81.4 cm³/mol. The number of piperidine rings is 1. The minimum atomic E-state index is 0.220. The van der Waals surface area contributed by atoms with Crippen molar-refractivity contribution in [2.24, 2.45) is 22.6 Å². The lowest BCUT2D eigenvalue weighted by Gasteiger charge is -2.31. The molecule has 1 saturated carbocycles. The summed E-state index contributed by atoms with van der Waals surface area (Å²) in [4.78, 5) is 18.2. The third-order valence-corrected chi connectivity index (χ3v) is 4.36. The van der Waals surface area contributed by atoms with Gasteiger partial charge in [0.05, 0.1) is 0 Å². The summed E-state index contributed by atoms with van der Waals surface area (Å²) in [5, 5.41) is 2.98. The predicted octanol–water partition coefficient (Wildman–Crippen LogP) is 1.34. The molecule has 1 saturated heterocycles. The first-order valence-electron chi connectivity index (χ1n) is 7.99. The van der Waals surface area contributed by atoms with Crippen LogP contribution >= 0.6 is 0 Å². The highest BCUT2D eigenvalue weighted by Gasteiger charge is 2.24. The van der Waals surface area contributed by atoms with Crippen LogP contribution in [0.2, 0.25) is 0 Å². The lowest BCUT2D eigenvalue weighted by Crippen LogP contribution is -2.43. The molecule has 0 aromatic heterocycles. The van der Waals surface area contributed by atoms with Crippen LogP contribution in [0.1, 0.15) is 45.4 Å². The van der Waals surface area contributed by atoms with E-state index in [4.69, 9.17) is 5.73 Å². The number of carbonyl (C=O) groups is 1. The van der Waals surface area contributed by atoms with Crippen molar-refractivity contribution in [1.82, 2.24) is 10.2 Å². The van der Waals surface area contributed by atoms with E-state index in [1.165, 1.54) is 19.3 Å². The van der Waals surface area contributed by atoms with Crippen LogP contribution in [0.15, 0.2) is 4.99 Å². The number of hydrogen-bond acceptors (Lipinski definition) is 2. The maximum absolute atomic E-state index is 11.6. The Morgan fingerprint density at radius 1 is 1.35 bits per heavy atom. The van der Waals surface area contributed by atoms with Gasteiger partial charge in [-0.3, -0.25) is 9.79 Å². The highest BCUT2D eigenvalue weighted by molar-refractivity contribution is 5.79. The zero-order chi connectivity index (χ0) is 14.4. The maximum atomic E-state index is 11.6. The van der Waals surface area contributed by atoms with Crippen molar-refractivity contribution < 1.29 is 4.79 Å². The second-order valence-corrected chi connectivity index (χ2v) is 6.21. The first kappa shape index (κ1) is 15.1. The molecule has 2 fully saturated rings. The number of nitrogens with two attached hydrogens (primary N) is 1. The molecule has 1 atom stereocenters. The van der Waals surface area contributed by atoms with Crippen LogP contribution in [-0.2, 0) is 4.79 Å². The molecule has 1 heterocycles. The second kappa shape index (κ2) is 7.50. The van der Waals surface area contributed by atoms with E-state index in [-0.39, 0.29) is 11.8 Å². The lowest BCUT2D eigenvalue weighted by molar-refractivity contribution is -0.127. The van der Waals surface area contributed by atoms with Crippen LogP contribution in [0.3, 0.4) is 0 Å². The summed E-state index contributed by atoms with van der Waals surface area (Å²) in [6.45, 7) is 5.71. The molecular formula is C15H28N4O. The lowest BCUT2D eigenvalue weighted by atomic mass is 9.85. The molecule has 0 aromatic carbocycles. The Hall–Kier alpha value is -1.26. The fourth-order valence-electron chi connectivity index (χ4n) is 2.80. The van der Waals surface area contributed by atoms with Crippen molar-refractivity contribution in [3.05, 3.63) is 0 Å². The Balaban J connectivity index is 1.58. The Bertz CT molecular complexity index is 352. The van der Waals surface area contributed by atoms with Gasteiger partial charge < -0.3 is 16.0 Å². The number of nitrogens with one attached hydrogen (secondary N) is 1. The van der Waals surface area contributed by atoms with Gasteiger partial charge in [0.15, 0.2) is 5.96 Å². The molecule has 0 bridgehead atoms. The van der Waals surface area contributed by atoms with E-state index in [0.717, 1.165) is 32.4 Å². The molecule has 0 spiro atoms. The van der Waals surface area contributed by atoms with Crippen molar-refractivity contribution in [3.63, 3.8) is 0 Å². The van der Waals surface area contributed by atoms with Crippen LogP contribution in [0.5, 0.6) is 0 Å². The zero-order valence-corrected chi connectivity index (χ0v) is 12.6. The number of aliphatic imine (C=N–C) groups is 1. The first-order chi connectivity index (χ1) is 9.66. The Labute approximate surface area is 122 Å². The monoisotopic (exact) mass is 280 g/mol. The molecule has 0 radical (unpaired) electrons. The van der Waals surface area contributed by atoms with Crippen molar-refractivity contribution >= 4 is 11.9 Å². The normalized spacial score (nSPS) is 24.4. The minimum absolute atomic E-state index is 0.220. The molecule has 2 aliphatic rings. The van der Waals surface area contributed by atoms with E-state index in [1.54, 1.807) is 0 Å². The van der Waals surface area contributed by atoms with Gasteiger partial charge in [0.2, 0.25) is 5.91 Å². The summed E-state index contributed by atoms with van der Waals surface area (Å²) in [6.07, 6.45) is 6.68. The minimum Gasteiger partial charge on any atom is -0.370 e. The van der Waals surface area contributed by atoms with Gasteiger partial charge in [-0.15, -0.1) is 0 Å². The number of carbonyl (C=O) groups excluding carboxylic acids is 1. The molecule has 20 heavy (non-hydrogen) atoms. The average Bonchev–Trinajstić information content (AvgIpc) is 2.36. The largest absolute Gasteiger partial charge is 0.370 e. The number of nitrogens with zero attached hydrogens (tertiary/aromatic N) is 2. The molecule has 1 unspecified atom stereocenters. The molecule has 2 rings (SSSR count). The van der Waals surface area contributed by atoms with Gasteiger partial charge in [-0.2, -0.15) is 0 Å². The van der Waals surface area contributed by atoms with Gasteiger partial charge in [-0.25, -0.2) is 0 Å². The Kier molecular flexibility index (Phi) is 5.68. The summed E-state index contributed by atoms with van der Waals surface area (Å²) in [5.41, 5.74) is 6.02. The Morgan fingerprint density at radius 2 is 2.15 bits per heavy atom. The number of guanidine groups is 1. The van der Waals surface area contributed by atoms with Gasteiger partial charge in [0.25, 0.3) is 0 Å². The number of hydrogen-bond donors (Lipinski definition) is 2. The standard InChI is InChI=1S/C15H28N4O/c1-12-5-3-10-19(11-12)15(16)18-9-4-8-17-14(20)13-6-2-7-13/h12-13H,2-11H2,1H3,(H2,16,18)(H,17,20). The van der Waals surface area contributed by atoms with Crippen LogP contribution in [0.25, 0.3) is 0 Å². The molecule has 1 amide bonds. The number of amides is 1. The SMILES string of the molecule is CC1CCCN(C(N)=NCCCNC(=O)C2CCC2)C1. The van der Waals surface area contributed by atoms with E-state index in [1.807, 2.05) is 0 Å². The van der Waals surface area contributed by atoms with Gasteiger partial charge in [-0.05, 0) is 38.0 Å². The molecule has 3 N–H and O–H groups in total. The summed E-state index contributed by atoms with van der Waals surface area (Å²) >= 11 is 0. The Morgan fingerprint density at radius 3 is 2.80 bits per heavy atom. The first-order valence-corrected chi connectivity index (χ1v) is 7.99. The third-order valence-electron chi connectivity index (χ3n) is 4.36. The van der Waals surface area contributed by atoms with Crippen molar-refractivity contribution in [2.45, 2.75) is 45.4 Å². The molecule has 5 nitrogen and oxygen atoms in total. The molecule has 0 aromatic rings. The van der Waals surface area contributed by atoms with E-state index >= 15 is 0 Å². The molecule has 5 heteroatoms. The zero-order valence-electron chi connectivity index (χ0n) is 12.6. The van der Waals surface area contributed by atoms with Crippen molar-refractivity contribution in [2.75, 3.05) is 26.2 Å². The smallest absolute Gasteiger partial charge is 0.223 e. The molecular weight excluding hydrogens is 252 g/mol. The second-order valence-electron chi connectivity index (χ2n) is 6.21. The number of likely N-dealkylation sites (tertiary alicyclic amines) is 1. The van der Waals surface area contributed by atoms with Gasteiger partial charge in [-0.1, -0.05) is 13.3 Å². The van der Waals surface area contributed by atoms with Gasteiger partial charge in [0, 0.05) is 32.1 Å². The van der Waals surface area contributed by atoms with Gasteiger partial charge in [0.1, 0.15) is 0 Å². The fraction of sp³-hybridized carbons (Fsp3) is 0.867. The summed E-state index contributed by atoms with van der Waals surface area (Å²) in [6, 6.07) is 0. The summed E-state index contributed by atoms with van der Waals surface area (Å²) in [5.74, 6) is 1.87. The van der Waals surface area contributed by atoms with Gasteiger partial charge >= 0.3 is 0 Å². The third kappa shape index (κ3) is 4.39. The molecule has 114 valence electrons. The fourth-order valence-corrected chi connectivity index (χ4v) is 2.80. The van der Waals surface area contributed by atoms with Crippen molar-refractivity contribution in [3.8, 4) is 0 Å². The van der Waals surface area contributed by atoms with E-state index in [2.05, 4.69) is 22.1 Å².